The molecule has 66 valence electrons. The minimum absolute atomic E-state index is 0. The molecule has 0 unspecified atom stereocenters. The molecule has 0 amide bonds. The number of hydrogen-bond donors (Lipinski definition) is 0. The fourth-order valence-corrected chi connectivity index (χ4v) is 0. The maximum atomic E-state index is 2.12. The van der Waals surface area contributed by atoms with Crippen LogP contribution < -0.4 is 0 Å². The van der Waals surface area contributed by atoms with Gasteiger partial charge in [0.05, 0.1) is 56.4 Å². The second kappa shape index (κ2) is 6.10. The average molecular weight is 214 g/mol. The van der Waals surface area contributed by atoms with Crippen LogP contribution in [0.5, 0.6) is 0 Å². The largest absolute Gasteiger partial charge is 0.333 e. The molecule has 11 heavy (non-hydrogen) atoms. The number of nitrogens with zero attached hydrogens (tertiary/aromatic N) is 2. The van der Waals surface area contributed by atoms with Crippen LogP contribution in [-0.2, 0) is 19.5 Å². The van der Waals surface area contributed by atoms with E-state index in [0.717, 1.165) is 8.97 Å². The zero-order valence-corrected chi connectivity index (χ0v) is 12.6. The summed E-state index contributed by atoms with van der Waals surface area (Å²) in [6.45, 7) is 0. The second-order valence-electron chi connectivity index (χ2n) is 5.37. The first-order chi connectivity index (χ1) is 4.00. The molecule has 0 rings (SSSR count). The Morgan fingerprint density at radius 3 is 0.455 bits per heavy atom. The van der Waals surface area contributed by atoms with Crippen molar-refractivity contribution in [2.24, 2.45) is 0 Å². The average Bonchev–Trinajstić information content (AvgIpc) is 1.12. The summed E-state index contributed by atoms with van der Waals surface area (Å²) in [5, 5.41) is 0. The minimum Gasteiger partial charge on any atom is -0.333 e. The summed E-state index contributed by atoms with van der Waals surface area (Å²) < 4.78 is 2.00. The van der Waals surface area contributed by atoms with Crippen molar-refractivity contribution >= 4 is 0 Å². The standard InChI is InChI=1S/2C4H12N.Zn/c2*1-5(2,3)4;/h2*1-4H3;/q2*+1;. The summed E-state index contributed by atoms with van der Waals surface area (Å²) >= 11 is 0. The van der Waals surface area contributed by atoms with Gasteiger partial charge in [0, 0.05) is 19.5 Å². The molecule has 0 N–H and O–H groups in total. The van der Waals surface area contributed by atoms with E-state index in [-0.39, 0.29) is 19.5 Å². The first kappa shape index (κ1) is 17.6. The third-order valence-electron chi connectivity index (χ3n) is 0. The monoisotopic (exact) mass is 212 g/mol. The van der Waals surface area contributed by atoms with Crippen LogP contribution in [0.1, 0.15) is 0 Å². The van der Waals surface area contributed by atoms with E-state index < -0.39 is 0 Å². The predicted molar refractivity (Wildman–Crippen MR) is 47.9 cm³/mol. The third kappa shape index (κ3) is 2610. The van der Waals surface area contributed by atoms with Crippen molar-refractivity contribution in [2.45, 2.75) is 0 Å². The van der Waals surface area contributed by atoms with Gasteiger partial charge in [-0.2, -0.15) is 0 Å². The first-order valence-corrected chi connectivity index (χ1v) is 3.58. The molecule has 0 aromatic heterocycles. The topological polar surface area (TPSA) is 0 Å². The normalized spacial score (nSPS) is 10.9. The summed E-state index contributed by atoms with van der Waals surface area (Å²) in [5.41, 5.74) is 0. The van der Waals surface area contributed by atoms with Crippen molar-refractivity contribution in [2.75, 3.05) is 56.4 Å². The van der Waals surface area contributed by atoms with Gasteiger partial charge in [0.1, 0.15) is 0 Å². The van der Waals surface area contributed by atoms with E-state index in [2.05, 4.69) is 56.4 Å². The van der Waals surface area contributed by atoms with E-state index in [1.165, 1.54) is 0 Å². The van der Waals surface area contributed by atoms with Crippen molar-refractivity contribution in [3.05, 3.63) is 0 Å². The molecule has 3 heteroatoms. The molecule has 0 radical (unpaired) electrons. The Hall–Kier alpha value is 0.543. The van der Waals surface area contributed by atoms with E-state index in [1.54, 1.807) is 0 Å². The molecule has 0 atom stereocenters. The summed E-state index contributed by atoms with van der Waals surface area (Å²) in [6, 6.07) is 0. The molecule has 0 aliphatic carbocycles. The van der Waals surface area contributed by atoms with Crippen LogP contribution in [0, 0.1) is 0 Å². The Bertz CT molecular complexity index is 55.1. The van der Waals surface area contributed by atoms with Crippen LogP contribution in [-0.4, -0.2) is 65.3 Å². The van der Waals surface area contributed by atoms with Crippen molar-refractivity contribution < 1.29 is 28.4 Å². The Morgan fingerprint density at radius 2 is 0.455 bits per heavy atom. The van der Waals surface area contributed by atoms with Crippen LogP contribution in [0.4, 0.5) is 0 Å². The van der Waals surface area contributed by atoms with Gasteiger partial charge in [0.25, 0.3) is 0 Å². The summed E-state index contributed by atoms with van der Waals surface area (Å²) in [4.78, 5) is 0. The van der Waals surface area contributed by atoms with Gasteiger partial charge < -0.3 is 8.97 Å². The zero-order valence-electron chi connectivity index (χ0n) is 9.60. The first-order valence-electron chi connectivity index (χ1n) is 3.58. The van der Waals surface area contributed by atoms with Gasteiger partial charge in [-0.05, 0) is 0 Å². The van der Waals surface area contributed by atoms with Crippen molar-refractivity contribution in [3.8, 4) is 0 Å². The molecule has 0 aromatic carbocycles. The molecule has 0 aliphatic rings. The maximum Gasteiger partial charge on any atom is 0.0675 e. The minimum atomic E-state index is 0. The zero-order chi connectivity index (χ0) is 9.00. The summed E-state index contributed by atoms with van der Waals surface area (Å²) in [6.07, 6.45) is 0. The molecule has 0 spiro atoms. The van der Waals surface area contributed by atoms with Gasteiger partial charge >= 0.3 is 0 Å². The molecule has 0 saturated heterocycles. The van der Waals surface area contributed by atoms with Gasteiger partial charge in [-0.25, -0.2) is 0 Å². The summed E-state index contributed by atoms with van der Waals surface area (Å²) in [7, 11) is 17.0. The Morgan fingerprint density at radius 1 is 0.455 bits per heavy atom. The maximum absolute atomic E-state index is 2.12. The molecule has 0 heterocycles. The van der Waals surface area contributed by atoms with Crippen molar-refractivity contribution in [1.29, 1.82) is 0 Å². The van der Waals surface area contributed by atoms with Crippen LogP contribution in [0.25, 0.3) is 0 Å². The van der Waals surface area contributed by atoms with E-state index >= 15 is 0 Å². The smallest absolute Gasteiger partial charge is 0.0675 e. The van der Waals surface area contributed by atoms with Crippen molar-refractivity contribution in [1.82, 2.24) is 0 Å². The van der Waals surface area contributed by atoms with Crippen LogP contribution in [0.3, 0.4) is 0 Å². The Labute approximate surface area is 85.1 Å². The third-order valence-corrected chi connectivity index (χ3v) is 0. The van der Waals surface area contributed by atoms with E-state index in [9.17, 15) is 0 Å². The van der Waals surface area contributed by atoms with E-state index in [4.69, 9.17) is 0 Å². The number of rotatable bonds is 0. The van der Waals surface area contributed by atoms with Crippen LogP contribution >= 0.6 is 0 Å². The van der Waals surface area contributed by atoms with Gasteiger partial charge in [0.15, 0.2) is 0 Å². The van der Waals surface area contributed by atoms with Gasteiger partial charge in [-0.1, -0.05) is 0 Å². The molecule has 0 fully saturated rings. The predicted octanol–water partition coefficient (Wildman–Crippen LogP) is 0.642. The molecular weight excluding hydrogens is 189 g/mol. The van der Waals surface area contributed by atoms with Gasteiger partial charge in [-0.3, -0.25) is 0 Å². The van der Waals surface area contributed by atoms with Gasteiger partial charge in [-0.15, -0.1) is 0 Å². The van der Waals surface area contributed by atoms with Gasteiger partial charge in [0.2, 0.25) is 0 Å². The summed E-state index contributed by atoms with van der Waals surface area (Å²) in [5.74, 6) is 0. The second-order valence-corrected chi connectivity index (χ2v) is 5.37. The van der Waals surface area contributed by atoms with E-state index in [0.29, 0.717) is 0 Å². The van der Waals surface area contributed by atoms with E-state index in [1.807, 2.05) is 0 Å². The van der Waals surface area contributed by atoms with Crippen LogP contribution in [0.2, 0.25) is 0 Å². The number of quaternary nitrogens is 2. The Balaban J connectivity index is -0.000000107. The Kier molecular flexibility index (Phi) is 9.75. The SMILES string of the molecule is C[N+](C)(C)C.C[N+](C)(C)C.[Zn]. The molecular formula is C8H24N2Zn+2. The quantitative estimate of drug-likeness (QED) is 0.409. The molecule has 2 nitrogen and oxygen atoms in total. The number of hydrogen-bond acceptors (Lipinski definition) is 0. The molecule has 0 saturated carbocycles. The van der Waals surface area contributed by atoms with Crippen LogP contribution in [0.15, 0.2) is 0 Å². The molecule has 0 aromatic rings. The molecule has 0 bridgehead atoms. The fourth-order valence-electron chi connectivity index (χ4n) is 0. The fraction of sp³-hybridized carbons (Fsp3) is 1.00. The van der Waals surface area contributed by atoms with Crippen molar-refractivity contribution in [3.63, 3.8) is 0 Å². The molecule has 0 aliphatic heterocycles.